The van der Waals surface area contributed by atoms with Crippen LogP contribution in [-0.2, 0) is 24.7 Å². The van der Waals surface area contributed by atoms with Crippen LogP contribution in [0.5, 0.6) is 0 Å². The summed E-state index contributed by atoms with van der Waals surface area (Å²) in [5.41, 5.74) is 1.09. The molecule has 0 amide bonds. The molecule has 1 fully saturated rings. The number of benzene rings is 1. The van der Waals surface area contributed by atoms with Gasteiger partial charge in [0.2, 0.25) is 0 Å². The lowest BCUT2D eigenvalue weighted by molar-refractivity contribution is -0.180. The van der Waals surface area contributed by atoms with Crippen molar-refractivity contribution in [3.8, 4) is 0 Å². The molecule has 4 nitrogen and oxygen atoms in total. The molecule has 0 aliphatic heterocycles. The zero-order chi connectivity index (χ0) is 21.4. The lowest BCUT2D eigenvalue weighted by Crippen LogP contribution is -2.54. The molecule has 0 N–H and O–H groups in total. The minimum absolute atomic E-state index is 0.160. The number of carbonyl (C=O) groups is 2. The van der Waals surface area contributed by atoms with Crippen molar-refractivity contribution in [2.24, 2.45) is 16.7 Å². The highest BCUT2D eigenvalue weighted by Gasteiger charge is 2.60. The van der Waals surface area contributed by atoms with Gasteiger partial charge in [-0.25, -0.2) is 4.79 Å². The number of rotatable bonds is 4. The molecule has 2 unspecified atom stereocenters. The van der Waals surface area contributed by atoms with Crippen LogP contribution in [-0.4, -0.2) is 19.0 Å². The van der Waals surface area contributed by atoms with Crippen LogP contribution in [0, 0.1) is 16.7 Å². The molecule has 0 radical (unpaired) electrons. The van der Waals surface area contributed by atoms with Gasteiger partial charge >= 0.3 is 11.9 Å². The minimum atomic E-state index is -1.55. The SMILES string of the molecule is COC(=O)[C@](OC(C)=O)(C1=C(C)CCC2C(C)(C)CCCC12C)c1ccccc1. The average Bonchev–Trinajstić information content (AvgIpc) is 2.65. The van der Waals surface area contributed by atoms with E-state index in [0.717, 1.165) is 36.8 Å². The normalized spacial score (nSPS) is 28.1. The third-order valence-electron chi connectivity index (χ3n) is 7.34. The summed E-state index contributed by atoms with van der Waals surface area (Å²) in [7, 11) is 1.37. The van der Waals surface area contributed by atoms with E-state index < -0.39 is 17.5 Å². The van der Waals surface area contributed by atoms with Crippen molar-refractivity contribution in [3.63, 3.8) is 0 Å². The third kappa shape index (κ3) is 3.41. The van der Waals surface area contributed by atoms with Crippen LogP contribution >= 0.6 is 0 Å². The Morgan fingerprint density at radius 2 is 1.76 bits per heavy atom. The second-order valence-electron chi connectivity index (χ2n) is 9.64. The highest BCUT2D eigenvalue weighted by molar-refractivity contribution is 5.89. The largest absolute Gasteiger partial charge is 0.466 e. The molecule has 29 heavy (non-hydrogen) atoms. The highest BCUT2D eigenvalue weighted by Crippen LogP contribution is 2.63. The van der Waals surface area contributed by atoms with Gasteiger partial charge in [0.25, 0.3) is 5.60 Å². The van der Waals surface area contributed by atoms with Crippen LogP contribution in [0.2, 0.25) is 0 Å². The molecular weight excluding hydrogens is 364 g/mol. The van der Waals surface area contributed by atoms with Crippen LogP contribution in [0.15, 0.2) is 41.5 Å². The molecule has 0 heterocycles. The molecule has 0 aromatic heterocycles. The molecule has 0 bridgehead atoms. The molecule has 158 valence electrons. The Morgan fingerprint density at radius 3 is 2.34 bits per heavy atom. The summed E-state index contributed by atoms with van der Waals surface area (Å²) in [5.74, 6) is -0.607. The number of fused-ring (bicyclic) bond motifs is 1. The summed E-state index contributed by atoms with van der Waals surface area (Å²) in [6.45, 7) is 10.4. The summed E-state index contributed by atoms with van der Waals surface area (Å²) in [4.78, 5) is 25.8. The maximum absolute atomic E-state index is 13.5. The van der Waals surface area contributed by atoms with Crippen molar-refractivity contribution in [1.29, 1.82) is 0 Å². The van der Waals surface area contributed by atoms with E-state index >= 15 is 0 Å². The molecule has 1 aromatic rings. The molecule has 0 spiro atoms. The van der Waals surface area contributed by atoms with Crippen molar-refractivity contribution in [2.45, 2.75) is 72.3 Å². The fourth-order valence-electron chi connectivity index (χ4n) is 6.35. The molecule has 3 atom stereocenters. The predicted molar refractivity (Wildman–Crippen MR) is 113 cm³/mol. The van der Waals surface area contributed by atoms with Gasteiger partial charge in [0.1, 0.15) is 0 Å². The van der Waals surface area contributed by atoms with Crippen molar-refractivity contribution in [1.82, 2.24) is 0 Å². The summed E-state index contributed by atoms with van der Waals surface area (Å²) < 4.78 is 11.3. The second kappa shape index (κ2) is 7.62. The summed E-state index contributed by atoms with van der Waals surface area (Å²) in [5, 5.41) is 0. The van der Waals surface area contributed by atoms with E-state index in [0.29, 0.717) is 11.5 Å². The van der Waals surface area contributed by atoms with Crippen LogP contribution in [0.25, 0.3) is 0 Å². The quantitative estimate of drug-likeness (QED) is 0.492. The Balaban J connectivity index is 2.34. The van der Waals surface area contributed by atoms with Crippen LogP contribution < -0.4 is 0 Å². The summed E-state index contributed by atoms with van der Waals surface area (Å²) >= 11 is 0. The van der Waals surface area contributed by atoms with Crippen molar-refractivity contribution < 1.29 is 19.1 Å². The van der Waals surface area contributed by atoms with Gasteiger partial charge in [-0.05, 0) is 54.9 Å². The molecule has 4 heteroatoms. The van der Waals surface area contributed by atoms with Gasteiger partial charge in [0.15, 0.2) is 0 Å². The highest BCUT2D eigenvalue weighted by atomic mass is 16.6. The first-order valence-electron chi connectivity index (χ1n) is 10.6. The average molecular weight is 399 g/mol. The lowest BCUT2D eigenvalue weighted by Gasteiger charge is -2.57. The first-order valence-corrected chi connectivity index (χ1v) is 10.6. The van der Waals surface area contributed by atoms with Crippen LogP contribution in [0.1, 0.15) is 72.3 Å². The summed E-state index contributed by atoms with van der Waals surface area (Å²) in [6.07, 6.45) is 5.21. The number of esters is 2. The molecule has 1 saturated carbocycles. The van der Waals surface area contributed by atoms with Crippen LogP contribution in [0.3, 0.4) is 0 Å². The maximum Gasteiger partial charge on any atom is 0.359 e. The number of methoxy groups -OCH3 is 1. The molecule has 3 rings (SSSR count). The minimum Gasteiger partial charge on any atom is -0.466 e. The molecule has 2 aliphatic carbocycles. The van der Waals surface area contributed by atoms with Gasteiger partial charge in [-0.1, -0.05) is 63.1 Å². The van der Waals surface area contributed by atoms with Gasteiger partial charge < -0.3 is 9.47 Å². The smallest absolute Gasteiger partial charge is 0.359 e. The number of ether oxygens (including phenoxy) is 2. The molecule has 1 aromatic carbocycles. The van der Waals surface area contributed by atoms with E-state index in [4.69, 9.17) is 9.47 Å². The third-order valence-corrected chi connectivity index (χ3v) is 7.34. The van der Waals surface area contributed by atoms with E-state index in [2.05, 4.69) is 27.7 Å². The van der Waals surface area contributed by atoms with E-state index in [9.17, 15) is 9.59 Å². The zero-order valence-electron chi connectivity index (χ0n) is 18.6. The monoisotopic (exact) mass is 398 g/mol. The summed E-state index contributed by atoms with van der Waals surface area (Å²) in [6, 6.07) is 9.37. The fourth-order valence-corrected chi connectivity index (χ4v) is 6.35. The Labute approximate surface area is 174 Å². The molecule has 0 saturated heterocycles. The van der Waals surface area contributed by atoms with E-state index in [1.165, 1.54) is 20.5 Å². The second-order valence-corrected chi connectivity index (χ2v) is 9.64. The van der Waals surface area contributed by atoms with Gasteiger partial charge in [-0.15, -0.1) is 0 Å². The fraction of sp³-hybridized carbons (Fsp3) is 0.600. The molecular formula is C25H34O4. The van der Waals surface area contributed by atoms with Crippen molar-refractivity contribution in [3.05, 3.63) is 47.0 Å². The number of hydrogen-bond acceptors (Lipinski definition) is 4. The topological polar surface area (TPSA) is 52.6 Å². The van der Waals surface area contributed by atoms with Gasteiger partial charge in [0.05, 0.1) is 7.11 Å². The van der Waals surface area contributed by atoms with Crippen LogP contribution in [0.4, 0.5) is 0 Å². The first-order chi connectivity index (χ1) is 13.6. The predicted octanol–water partition coefficient (Wildman–Crippen LogP) is 5.56. The maximum atomic E-state index is 13.5. The van der Waals surface area contributed by atoms with E-state index in [1.54, 1.807) is 0 Å². The standard InChI is InChI=1S/C25H34O4/c1-17-13-14-20-23(3,4)15-10-16-24(20,5)21(17)25(22(27)28-6,29-18(2)26)19-11-8-7-9-12-19/h7-9,11-12,20H,10,13-16H2,1-6H3/t20?,24?,25-/m1/s1. The number of allylic oxidation sites excluding steroid dienone is 1. The van der Waals surface area contributed by atoms with Gasteiger partial charge in [-0.3, -0.25) is 4.79 Å². The number of carbonyl (C=O) groups excluding carboxylic acids is 2. The Bertz CT molecular complexity index is 822. The molecule has 2 aliphatic rings. The van der Waals surface area contributed by atoms with Crippen molar-refractivity contribution >= 4 is 11.9 Å². The van der Waals surface area contributed by atoms with E-state index in [-0.39, 0.29) is 10.8 Å². The Morgan fingerprint density at radius 1 is 1.10 bits per heavy atom. The zero-order valence-corrected chi connectivity index (χ0v) is 18.6. The van der Waals surface area contributed by atoms with E-state index in [1.807, 2.05) is 30.3 Å². The number of hydrogen-bond donors (Lipinski definition) is 0. The first kappa shape index (κ1) is 21.6. The van der Waals surface area contributed by atoms with Gasteiger partial charge in [-0.2, -0.15) is 0 Å². The lowest BCUT2D eigenvalue weighted by atomic mass is 9.48. The van der Waals surface area contributed by atoms with Crippen molar-refractivity contribution in [2.75, 3.05) is 7.11 Å². The van der Waals surface area contributed by atoms with Gasteiger partial charge in [0, 0.05) is 12.5 Å². The Hall–Kier alpha value is -2.10. The Kier molecular flexibility index (Phi) is 5.68.